The first-order valence-electron chi connectivity index (χ1n) is 12.6. The Kier molecular flexibility index (Phi) is 8.99. The van der Waals surface area contributed by atoms with Gasteiger partial charge < -0.3 is 4.74 Å². The third-order valence-corrected chi connectivity index (χ3v) is 7.48. The molecule has 3 aromatic carbocycles. The van der Waals surface area contributed by atoms with Crippen molar-refractivity contribution < 1.29 is 17.9 Å². The second-order valence-corrected chi connectivity index (χ2v) is 12.4. The van der Waals surface area contributed by atoms with E-state index in [9.17, 15) is 13.2 Å². The van der Waals surface area contributed by atoms with Gasteiger partial charge in [0.2, 0.25) is 0 Å². The van der Waals surface area contributed by atoms with Crippen molar-refractivity contribution in [3.05, 3.63) is 89.0 Å². The summed E-state index contributed by atoms with van der Waals surface area (Å²) in [5.74, 6) is 0.594. The van der Waals surface area contributed by atoms with E-state index in [4.69, 9.17) is 4.74 Å². The molecular weight excluding hydrogens is 498 g/mol. The van der Waals surface area contributed by atoms with Crippen molar-refractivity contribution in [2.24, 2.45) is 5.10 Å². The van der Waals surface area contributed by atoms with Gasteiger partial charge >= 0.3 is 0 Å². The van der Waals surface area contributed by atoms with Crippen LogP contribution in [0, 0.1) is 6.92 Å². The van der Waals surface area contributed by atoms with Gasteiger partial charge in [-0.1, -0.05) is 71.0 Å². The molecule has 3 aromatic rings. The first-order valence-corrected chi connectivity index (χ1v) is 14.0. The number of nitrogens with zero attached hydrogens (tertiary/aromatic N) is 1. The summed E-state index contributed by atoms with van der Waals surface area (Å²) in [5, 5.41) is 4.16. The number of ether oxygens (including phenoxy) is 1. The van der Waals surface area contributed by atoms with E-state index in [0.29, 0.717) is 17.1 Å². The van der Waals surface area contributed by atoms with Crippen LogP contribution in [0.1, 0.15) is 69.7 Å². The highest BCUT2D eigenvalue weighted by Crippen LogP contribution is 2.27. The van der Waals surface area contributed by atoms with Crippen molar-refractivity contribution >= 4 is 27.3 Å². The highest BCUT2D eigenvalue weighted by molar-refractivity contribution is 7.92. The Balaban J connectivity index is 1.59. The fourth-order valence-corrected chi connectivity index (χ4v) is 4.82. The molecule has 38 heavy (non-hydrogen) atoms. The molecule has 0 aliphatic carbocycles. The molecule has 3 rings (SSSR count). The number of aryl methyl sites for hydroxylation is 1. The van der Waals surface area contributed by atoms with Crippen molar-refractivity contribution in [2.75, 3.05) is 11.3 Å². The summed E-state index contributed by atoms with van der Waals surface area (Å²) >= 11 is 0. The van der Waals surface area contributed by atoms with Gasteiger partial charge in [0.05, 0.1) is 10.6 Å². The lowest BCUT2D eigenvalue weighted by Gasteiger charge is -2.19. The van der Waals surface area contributed by atoms with Gasteiger partial charge in [0, 0.05) is 5.69 Å². The van der Waals surface area contributed by atoms with Crippen LogP contribution < -0.4 is 14.9 Å². The van der Waals surface area contributed by atoms with Crippen LogP contribution in [-0.4, -0.2) is 26.6 Å². The van der Waals surface area contributed by atoms with Crippen LogP contribution in [0.5, 0.6) is 5.75 Å². The van der Waals surface area contributed by atoms with Crippen molar-refractivity contribution in [2.45, 2.75) is 64.7 Å². The lowest BCUT2D eigenvalue weighted by molar-refractivity contribution is -0.123. The Labute approximate surface area is 226 Å². The Morgan fingerprint density at radius 2 is 1.61 bits per heavy atom. The molecule has 202 valence electrons. The number of hydrogen-bond acceptors (Lipinski definition) is 5. The molecule has 0 aromatic heterocycles. The topological polar surface area (TPSA) is 96.9 Å². The fourth-order valence-electron chi connectivity index (χ4n) is 3.76. The van der Waals surface area contributed by atoms with Gasteiger partial charge in [-0.3, -0.25) is 9.52 Å². The lowest BCUT2D eigenvalue weighted by atomic mass is 9.87. The highest BCUT2D eigenvalue weighted by Gasteiger charge is 2.18. The Hall–Kier alpha value is -3.65. The molecule has 2 N–H and O–H groups in total. The number of carbonyl (C=O) groups is 1. The first kappa shape index (κ1) is 28.9. The molecule has 0 spiro atoms. The van der Waals surface area contributed by atoms with Crippen molar-refractivity contribution in [1.82, 2.24) is 5.43 Å². The minimum absolute atomic E-state index is 0.0598. The van der Waals surface area contributed by atoms with E-state index in [0.717, 1.165) is 22.3 Å². The summed E-state index contributed by atoms with van der Waals surface area (Å²) in [7, 11) is -3.72. The molecule has 0 saturated carbocycles. The monoisotopic (exact) mass is 535 g/mol. The maximum absolute atomic E-state index is 12.8. The van der Waals surface area contributed by atoms with Gasteiger partial charge in [-0.25, -0.2) is 13.8 Å². The minimum atomic E-state index is -3.72. The summed E-state index contributed by atoms with van der Waals surface area (Å²) < 4.78 is 34.0. The maximum Gasteiger partial charge on any atom is 0.277 e. The van der Waals surface area contributed by atoms with Gasteiger partial charge in [-0.05, 0) is 77.8 Å². The molecule has 0 aliphatic rings. The van der Waals surface area contributed by atoms with Gasteiger partial charge in [-0.2, -0.15) is 5.10 Å². The van der Waals surface area contributed by atoms with E-state index in [1.165, 1.54) is 0 Å². The average molecular weight is 536 g/mol. The van der Waals surface area contributed by atoms with Crippen LogP contribution in [0.3, 0.4) is 0 Å². The van der Waals surface area contributed by atoms with Crippen LogP contribution in [0.4, 0.5) is 5.69 Å². The molecule has 0 fully saturated rings. The van der Waals surface area contributed by atoms with Crippen LogP contribution in [-0.2, 0) is 20.2 Å². The van der Waals surface area contributed by atoms with Crippen molar-refractivity contribution in [3.63, 3.8) is 0 Å². The molecule has 0 saturated heterocycles. The second-order valence-electron chi connectivity index (χ2n) is 10.7. The number of nitrogens with one attached hydrogen (secondary N) is 2. The Morgan fingerprint density at radius 1 is 0.974 bits per heavy atom. The lowest BCUT2D eigenvalue weighted by Crippen LogP contribution is -2.26. The molecule has 0 heterocycles. The Bertz CT molecular complexity index is 1400. The van der Waals surface area contributed by atoms with E-state index in [-0.39, 0.29) is 28.7 Å². The molecule has 1 amide bonds. The molecule has 0 unspecified atom stereocenters. The van der Waals surface area contributed by atoms with Gasteiger partial charge in [-0.15, -0.1) is 0 Å². The number of hydrogen-bond donors (Lipinski definition) is 2. The van der Waals surface area contributed by atoms with Crippen LogP contribution in [0.15, 0.2) is 76.7 Å². The second kappa shape index (κ2) is 11.8. The van der Waals surface area contributed by atoms with Crippen molar-refractivity contribution in [1.29, 1.82) is 0 Å². The van der Waals surface area contributed by atoms with E-state index in [1.807, 2.05) is 37.3 Å². The molecule has 7 nitrogen and oxygen atoms in total. The predicted octanol–water partition coefficient (Wildman–Crippen LogP) is 6.14. The van der Waals surface area contributed by atoms with Gasteiger partial charge in [0.25, 0.3) is 15.9 Å². The third-order valence-electron chi connectivity index (χ3n) is 6.08. The summed E-state index contributed by atoms with van der Waals surface area (Å²) in [4.78, 5) is 12.5. The van der Waals surface area contributed by atoms with E-state index in [1.54, 1.807) is 43.3 Å². The largest absolute Gasteiger partial charge is 0.483 e. The normalized spacial score (nSPS) is 12.4. The number of carbonyl (C=O) groups excluding carboxylic acids is 1. The molecule has 8 heteroatoms. The molecular formula is C30H37N3O4S. The van der Waals surface area contributed by atoms with E-state index in [2.05, 4.69) is 49.9 Å². The average Bonchev–Trinajstić information content (AvgIpc) is 2.85. The fraction of sp³-hybridized carbons (Fsp3) is 0.333. The number of hydrazone groups is 1. The number of benzene rings is 3. The van der Waals surface area contributed by atoms with Gasteiger partial charge in [0.1, 0.15) is 5.75 Å². The van der Waals surface area contributed by atoms with Crippen LogP contribution in [0.25, 0.3) is 0 Å². The molecule has 0 radical (unpaired) electrons. The minimum Gasteiger partial charge on any atom is -0.483 e. The number of anilines is 1. The summed E-state index contributed by atoms with van der Waals surface area (Å²) in [6.07, 6.45) is 0. The number of amides is 1. The van der Waals surface area contributed by atoms with Crippen LogP contribution in [0.2, 0.25) is 0 Å². The highest BCUT2D eigenvalue weighted by atomic mass is 32.2. The maximum atomic E-state index is 12.8. The third kappa shape index (κ3) is 7.68. The smallest absolute Gasteiger partial charge is 0.277 e. The zero-order valence-electron chi connectivity index (χ0n) is 23.1. The van der Waals surface area contributed by atoms with E-state index < -0.39 is 10.0 Å². The molecule has 0 atom stereocenters. The summed E-state index contributed by atoms with van der Waals surface area (Å²) in [6, 6.07) is 19.7. The standard InChI is InChI=1S/C30H37N3O4S/c1-20(2)27-17-8-21(3)18-28(27)37-19-29(34)32-31-22(4)23-9-13-25(14-10-23)33-38(35,36)26-15-11-24(12-16-26)30(5,6)7/h8-18,20,33H,19H2,1-7H3,(H,32,34). The number of rotatable bonds is 9. The zero-order chi connectivity index (χ0) is 28.1. The Morgan fingerprint density at radius 3 is 2.18 bits per heavy atom. The van der Waals surface area contributed by atoms with E-state index >= 15 is 0 Å². The van der Waals surface area contributed by atoms with Crippen molar-refractivity contribution in [3.8, 4) is 5.75 Å². The molecule has 0 aliphatic heterocycles. The van der Waals surface area contributed by atoms with Crippen LogP contribution >= 0.6 is 0 Å². The molecule has 0 bridgehead atoms. The first-order chi connectivity index (χ1) is 17.8. The summed E-state index contributed by atoms with van der Waals surface area (Å²) in [5.41, 5.74) is 7.36. The predicted molar refractivity (Wildman–Crippen MR) is 154 cm³/mol. The van der Waals surface area contributed by atoms with Gasteiger partial charge in [0.15, 0.2) is 6.61 Å². The number of sulfonamides is 1. The quantitative estimate of drug-likeness (QED) is 0.254. The SMILES string of the molecule is CC(=NNC(=O)COc1cc(C)ccc1C(C)C)c1ccc(NS(=O)(=O)c2ccc(C(C)(C)C)cc2)cc1. The summed E-state index contributed by atoms with van der Waals surface area (Å²) in [6.45, 7) is 14.0. The zero-order valence-corrected chi connectivity index (χ0v) is 23.9.